The smallest absolute Gasteiger partial charge is 0.0154 e. The first-order valence-corrected chi connectivity index (χ1v) is 10.0. The molecule has 1 aliphatic heterocycles. The molecule has 0 saturated heterocycles. The highest BCUT2D eigenvalue weighted by atomic mass is 32.2. The fourth-order valence-corrected chi connectivity index (χ4v) is 5.41. The summed E-state index contributed by atoms with van der Waals surface area (Å²) >= 11 is 4.38. The van der Waals surface area contributed by atoms with Gasteiger partial charge in [0.1, 0.15) is 0 Å². The molecule has 2 rings (SSSR count). The van der Waals surface area contributed by atoms with Gasteiger partial charge in [-0.25, -0.2) is 0 Å². The van der Waals surface area contributed by atoms with Gasteiger partial charge in [-0.2, -0.15) is 11.8 Å². The second kappa shape index (κ2) is 9.36. The van der Waals surface area contributed by atoms with Crippen molar-refractivity contribution in [3.63, 3.8) is 0 Å². The average molecular weight is 285 g/mol. The van der Waals surface area contributed by atoms with Crippen LogP contribution in [0.1, 0.15) is 70.6 Å². The summed E-state index contributed by atoms with van der Waals surface area (Å²) < 4.78 is 0. The summed E-state index contributed by atoms with van der Waals surface area (Å²) in [5, 5.41) is 0. The Bertz CT molecular complexity index is 232. The largest absolute Gasteiger partial charge is 0.157 e. The third kappa shape index (κ3) is 5.61. The van der Waals surface area contributed by atoms with E-state index in [0.29, 0.717) is 0 Å². The standard InChI is InChI=1S/C16H28S2/c1-2-4-6-8-11-16-15(10-7-5-3-1)14-17-12-9-13-18-16/h1-14H2/b16-15-. The Morgan fingerprint density at radius 3 is 2.06 bits per heavy atom. The molecular weight excluding hydrogens is 256 g/mol. The molecule has 0 amide bonds. The highest BCUT2D eigenvalue weighted by Crippen LogP contribution is 2.34. The van der Waals surface area contributed by atoms with E-state index in [1.165, 1.54) is 87.9 Å². The Morgan fingerprint density at radius 2 is 1.28 bits per heavy atom. The van der Waals surface area contributed by atoms with Crippen LogP contribution >= 0.6 is 23.5 Å². The normalized spacial score (nSPS) is 29.3. The van der Waals surface area contributed by atoms with Crippen LogP contribution in [0.5, 0.6) is 0 Å². The van der Waals surface area contributed by atoms with Crippen molar-refractivity contribution in [3.05, 3.63) is 10.5 Å². The third-order valence-electron chi connectivity index (χ3n) is 4.01. The van der Waals surface area contributed by atoms with Gasteiger partial charge >= 0.3 is 0 Å². The molecule has 0 N–H and O–H groups in total. The molecular formula is C16H28S2. The van der Waals surface area contributed by atoms with Crippen molar-refractivity contribution in [1.29, 1.82) is 0 Å². The predicted octanol–water partition coefficient (Wildman–Crippen LogP) is 6.03. The van der Waals surface area contributed by atoms with E-state index in [2.05, 4.69) is 23.5 Å². The lowest BCUT2D eigenvalue weighted by atomic mass is 10.0. The molecule has 0 nitrogen and oxygen atoms in total. The van der Waals surface area contributed by atoms with Gasteiger partial charge in [0.2, 0.25) is 0 Å². The Kier molecular flexibility index (Phi) is 7.72. The zero-order valence-electron chi connectivity index (χ0n) is 11.7. The van der Waals surface area contributed by atoms with Crippen molar-refractivity contribution in [2.75, 3.05) is 17.3 Å². The van der Waals surface area contributed by atoms with Crippen LogP contribution in [0.15, 0.2) is 10.5 Å². The van der Waals surface area contributed by atoms with E-state index in [9.17, 15) is 0 Å². The lowest BCUT2D eigenvalue weighted by molar-refractivity contribution is 0.561. The summed E-state index contributed by atoms with van der Waals surface area (Å²) in [6, 6.07) is 0. The highest BCUT2D eigenvalue weighted by Gasteiger charge is 2.11. The van der Waals surface area contributed by atoms with Gasteiger partial charge in [0.15, 0.2) is 0 Å². The van der Waals surface area contributed by atoms with Gasteiger partial charge in [-0.15, -0.1) is 11.8 Å². The Labute approximate surface area is 122 Å². The van der Waals surface area contributed by atoms with Crippen molar-refractivity contribution in [1.82, 2.24) is 0 Å². The third-order valence-corrected chi connectivity index (χ3v) is 6.48. The average Bonchev–Trinajstić information content (AvgIpc) is 2.34. The predicted molar refractivity (Wildman–Crippen MR) is 87.6 cm³/mol. The van der Waals surface area contributed by atoms with E-state index in [-0.39, 0.29) is 0 Å². The van der Waals surface area contributed by atoms with E-state index >= 15 is 0 Å². The van der Waals surface area contributed by atoms with Crippen LogP contribution in [0.2, 0.25) is 0 Å². The van der Waals surface area contributed by atoms with Crippen molar-refractivity contribution in [2.24, 2.45) is 0 Å². The molecule has 1 heterocycles. The molecule has 0 spiro atoms. The maximum absolute atomic E-state index is 2.20. The maximum Gasteiger partial charge on any atom is 0.0154 e. The molecule has 0 radical (unpaired) electrons. The molecule has 0 unspecified atom stereocenters. The van der Waals surface area contributed by atoms with E-state index in [1.807, 2.05) is 5.57 Å². The number of hydrogen-bond donors (Lipinski definition) is 0. The van der Waals surface area contributed by atoms with Crippen molar-refractivity contribution in [2.45, 2.75) is 70.6 Å². The molecule has 1 aliphatic carbocycles. The van der Waals surface area contributed by atoms with Crippen LogP contribution in [0.25, 0.3) is 0 Å². The van der Waals surface area contributed by atoms with Gasteiger partial charge in [0, 0.05) is 5.75 Å². The molecule has 2 aliphatic rings. The summed E-state index contributed by atoms with van der Waals surface area (Å²) in [4.78, 5) is 1.79. The Morgan fingerprint density at radius 1 is 0.611 bits per heavy atom. The topological polar surface area (TPSA) is 0 Å². The summed E-state index contributed by atoms with van der Waals surface area (Å²) in [7, 11) is 0. The minimum Gasteiger partial charge on any atom is -0.157 e. The summed E-state index contributed by atoms with van der Waals surface area (Å²) in [6.45, 7) is 0. The summed E-state index contributed by atoms with van der Waals surface area (Å²) in [5.41, 5.74) is 1.82. The number of rotatable bonds is 0. The van der Waals surface area contributed by atoms with Gasteiger partial charge < -0.3 is 0 Å². The SMILES string of the molecule is C1CCCCC/C2=C(\CCCC1)CSCCCS2. The second-order valence-corrected chi connectivity index (χ2v) is 7.90. The molecule has 2 heteroatoms. The molecule has 0 atom stereocenters. The minimum absolute atomic E-state index is 1.34. The van der Waals surface area contributed by atoms with Gasteiger partial charge in [-0.05, 0) is 48.5 Å². The fourth-order valence-electron chi connectivity index (χ4n) is 2.88. The van der Waals surface area contributed by atoms with Gasteiger partial charge in [0.25, 0.3) is 0 Å². The Balaban J connectivity index is 1.96. The Hall–Kier alpha value is 0.440. The molecule has 0 fully saturated rings. The molecule has 0 bridgehead atoms. The van der Waals surface area contributed by atoms with Crippen LogP contribution in [0, 0.1) is 0 Å². The van der Waals surface area contributed by atoms with Crippen LogP contribution < -0.4 is 0 Å². The molecule has 0 aromatic heterocycles. The maximum atomic E-state index is 2.20. The van der Waals surface area contributed by atoms with E-state index in [0.717, 1.165) is 0 Å². The molecule has 0 aromatic rings. The number of allylic oxidation sites excluding steroid dienone is 1. The van der Waals surface area contributed by atoms with Gasteiger partial charge in [0.05, 0.1) is 0 Å². The van der Waals surface area contributed by atoms with Crippen LogP contribution in [-0.2, 0) is 0 Å². The number of thioether (sulfide) groups is 2. The van der Waals surface area contributed by atoms with Crippen LogP contribution in [-0.4, -0.2) is 17.3 Å². The fraction of sp³-hybridized carbons (Fsp3) is 0.875. The first kappa shape index (κ1) is 14.8. The molecule has 104 valence electrons. The van der Waals surface area contributed by atoms with Gasteiger partial charge in [-0.3, -0.25) is 0 Å². The molecule has 0 aromatic carbocycles. The lowest BCUT2D eigenvalue weighted by Crippen LogP contribution is -2.01. The van der Waals surface area contributed by atoms with Crippen LogP contribution in [0.3, 0.4) is 0 Å². The lowest BCUT2D eigenvalue weighted by Gasteiger charge is -2.19. The monoisotopic (exact) mass is 284 g/mol. The first-order chi connectivity index (χ1) is 8.97. The quantitative estimate of drug-likeness (QED) is 0.533. The summed E-state index contributed by atoms with van der Waals surface area (Å²) in [6.07, 6.45) is 15.9. The zero-order valence-corrected chi connectivity index (χ0v) is 13.3. The van der Waals surface area contributed by atoms with Crippen molar-refractivity contribution < 1.29 is 0 Å². The van der Waals surface area contributed by atoms with Crippen molar-refractivity contribution >= 4 is 23.5 Å². The van der Waals surface area contributed by atoms with E-state index in [1.54, 1.807) is 4.91 Å². The first-order valence-electron chi connectivity index (χ1n) is 7.88. The van der Waals surface area contributed by atoms with Crippen LogP contribution in [0.4, 0.5) is 0 Å². The molecule has 0 saturated carbocycles. The summed E-state index contributed by atoms with van der Waals surface area (Å²) in [5.74, 6) is 4.08. The minimum atomic E-state index is 1.34. The van der Waals surface area contributed by atoms with E-state index < -0.39 is 0 Å². The zero-order chi connectivity index (χ0) is 12.5. The molecule has 18 heavy (non-hydrogen) atoms. The van der Waals surface area contributed by atoms with Crippen molar-refractivity contribution in [3.8, 4) is 0 Å². The highest BCUT2D eigenvalue weighted by molar-refractivity contribution is 8.03. The number of hydrogen-bond acceptors (Lipinski definition) is 2. The van der Waals surface area contributed by atoms with E-state index in [4.69, 9.17) is 0 Å². The van der Waals surface area contributed by atoms with Gasteiger partial charge in [-0.1, -0.05) is 44.1 Å². The second-order valence-electron chi connectivity index (χ2n) is 5.61.